The van der Waals surface area contributed by atoms with Crippen molar-refractivity contribution < 1.29 is 14.2 Å². The second kappa shape index (κ2) is 3.71. The fraction of sp³-hybridized carbons (Fsp3) is 1.00. The van der Waals surface area contributed by atoms with Crippen molar-refractivity contribution in [1.29, 1.82) is 0 Å². The van der Waals surface area contributed by atoms with Crippen LogP contribution in [0.1, 0.15) is 27.2 Å². The summed E-state index contributed by atoms with van der Waals surface area (Å²) in [5, 5.41) is 9.25. The Bertz CT molecular complexity index is 147. The van der Waals surface area contributed by atoms with Gasteiger partial charge in [-0.1, -0.05) is 13.8 Å². The van der Waals surface area contributed by atoms with E-state index in [0.29, 0.717) is 12.3 Å². The van der Waals surface area contributed by atoms with Crippen LogP contribution in [0.5, 0.6) is 0 Å². The molecule has 0 unspecified atom stereocenters. The first-order chi connectivity index (χ1) is 5.52. The summed E-state index contributed by atoms with van der Waals surface area (Å²) < 4.78 is 18.5. The molecule has 0 bridgehead atoms. The largest absolute Gasteiger partial charge is 0.387 e. The Hall–Kier alpha value is -0.150. The monoisotopic (exact) mass is 176 g/mol. The van der Waals surface area contributed by atoms with Gasteiger partial charge in [-0.2, -0.15) is 0 Å². The highest BCUT2D eigenvalue weighted by Crippen LogP contribution is 2.27. The molecular weight excluding hydrogens is 159 g/mol. The van der Waals surface area contributed by atoms with Gasteiger partial charge >= 0.3 is 0 Å². The molecule has 1 rings (SSSR count). The van der Waals surface area contributed by atoms with E-state index in [0.717, 1.165) is 0 Å². The van der Waals surface area contributed by atoms with Gasteiger partial charge in [-0.25, -0.2) is 4.39 Å². The number of hydrogen-bond acceptors (Lipinski definition) is 2. The van der Waals surface area contributed by atoms with Gasteiger partial charge in [0.2, 0.25) is 0 Å². The van der Waals surface area contributed by atoms with Gasteiger partial charge in [0.25, 0.3) is 0 Å². The molecule has 1 aliphatic heterocycles. The van der Waals surface area contributed by atoms with Crippen LogP contribution in [0.2, 0.25) is 0 Å². The summed E-state index contributed by atoms with van der Waals surface area (Å²) in [7, 11) is 0. The average molecular weight is 176 g/mol. The van der Waals surface area contributed by atoms with Gasteiger partial charge < -0.3 is 9.84 Å². The molecule has 0 aromatic rings. The molecule has 1 aliphatic rings. The van der Waals surface area contributed by atoms with Crippen molar-refractivity contribution in [3.05, 3.63) is 0 Å². The lowest BCUT2D eigenvalue weighted by atomic mass is 10.0. The predicted molar refractivity (Wildman–Crippen MR) is 44.7 cm³/mol. The Morgan fingerprint density at radius 1 is 1.50 bits per heavy atom. The van der Waals surface area contributed by atoms with Crippen molar-refractivity contribution in [2.24, 2.45) is 5.92 Å². The topological polar surface area (TPSA) is 29.5 Å². The summed E-state index contributed by atoms with van der Waals surface area (Å²) in [5.74, 6) is 0.408. The summed E-state index contributed by atoms with van der Waals surface area (Å²) in [6.07, 6.45) is -2.22. The summed E-state index contributed by atoms with van der Waals surface area (Å²) in [6, 6.07) is 0. The second-order valence-electron chi connectivity index (χ2n) is 3.94. The summed E-state index contributed by atoms with van der Waals surface area (Å²) in [5.41, 5.74) is 0. The Morgan fingerprint density at radius 2 is 2.08 bits per heavy atom. The standard InChI is InChI=1S/C9H17FO2/c1-5(2)4-7-8(10)9(11)6(3)12-7/h5-9,11H,4H2,1-3H3/t6-,7+,8-,9-/m0/s1. The van der Waals surface area contributed by atoms with Crippen molar-refractivity contribution in [1.82, 2.24) is 0 Å². The van der Waals surface area contributed by atoms with Gasteiger partial charge in [-0.3, -0.25) is 0 Å². The quantitative estimate of drug-likeness (QED) is 0.691. The van der Waals surface area contributed by atoms with Crippen LogP contribution in [0.25, 0.3) is 0 Å². The van der Waals surface area contributed by atoms with E-state index in [-0.39, 0.29) is 6.10 Å². The van der Waals surface area contributed by atoms with Gasteiger partial charge in [0.1, 0.15) is 6.10 Å². The molecule has 1 N–H and O–H groups in total. The molecule has 0 aromatic carbocycles. The Morgan fingerprint density at radius 3 is 2.42 bits per heavy atom. The molecule has 1 saturated heterocycles. The van der Waals surface area contributed by atoms with E-state index in [1.807, 2.05) is 13.8 Å². The van der Waals surface area contributed by atoms with E-state index in [1.165, 1.54) is 0 Å². The number of aliphatic hydroxyl groups excluding tert-OH is 1. The zero-order valence-electron chi connectivity index (χ0n) is 7.83. The van der Waals surface area contributed by atoms with Gasteiger partial charge in [0.15, 0.2) is 6.17 Å². The Labute approximate surface area is 72.7 Å². The lowest BCUT2D eigenvalue weighted by Gasteiger charge is -2.14. The zero-order valence-corrected chi connectivity index (χ0v) is 7.83. The van der Waals surface area contributed by atoms with E-state index in [4.69, 9.17) is 4.74 Å². The molecule has 0 saturated carbocycles. The summed E-state index contributed by atoms with van der Waals surface area (Å²) in [6.45, 7) is 5.74. The van der Waals surface area contributed by atoms with Crippen molar-refractivity contribution in [2.45, 2.75) is 51.7 Å². The average Bonchev–Trinajstić information content (AvgIpc) is 2.17. The molecule has 2 nitrogen and oxygen atoms in total. The molecule has 0 amide bonds. The highest BCUT2D eigenvalue weighted by molar-refractivity contribution is 4.88. The van der Waals surface area contributed by atoms with Crippen molar-refractivity contribution in [3.8, 4) is 0 Å². The molecule has 0 aliphatic carbocycles. The van der Waals surface area contributed by atoms with Crippen LogP contribution in [0, 0.1) is 5.92 Å². The lowest BCUT2D eigenvalue weighted by Crippen LogP contribution is -2.28. The summed E-state index contributed by atoms with van der Waals surface area (Å²) in [4.78, 5) is 0. The molecule has 0 aromatic heterocycles. The molecule has 1 fully saturated rings. The Kier molecular flexibility index (Phi) is 3.07. The third-order valence-electron chi connectivity index (χ3n) is 2.26. The number of alkyl halides is 1. The van der Waals surface area contributed by atoms with Crippen LogP contribution < -0.4 is 0 Å². The number of hydrogen-bond donors (Lipinski definition) is 1. The smallest absolute Gasteiger partial charge is 0.154 e. The van der Waals surface area contributed by atoms with Crippen molar-refractivity contribution in [2.75, 3.05) is 0 Å². The SMILES string of the molecule is CC(C)C[C@H]1O[C@@H](C)[C@H](O)[C@H]1F. The molecule has 0 spiro atoms. The number of ether oxygens (including phenoxy) is 1. The second-order valence-corrected chi connectivity index (χ2v) is 3.94. The van der Waals surface area contributed by atoms with Gasteiger partial charge in [-0.05, 0) is 19.3 Å². The highest BCUT2D eigenvalue weighted by atomic mass is 19.1. The van der Waals surface area contributed by atoms with Crippen molar-refractivity contribution >= 4 is 0 Å². The molecule has 4 atom stereocenters. The van der Waals surface area contributed by atoms with E-state index in [2.05, 4.69) is 0 Å². The zero-order chi connectivity index (χ0) is 9.30. The van der Waals surface area contributed by atoms with Gasteiger partial charge in [-0.15, -0.1) is 0 Å². The normalized spacial score (nSPS) is 42.5. The molecule has 12 heavy (non-hydrogen) atoms. The van der Waals surface area contributed by atoms with Crippen LogP contribution >= 0.6 is 0 Å². The van der Waals surface area contributed by atoms with Crippen molar-refractivity contribution in [3.63, 3.8) is 0 Å². The number of aliphatic hydroxyl groups is 1. The van der Waals surface area contributed by atoms with Gasteiger partial charge in [0, 0.05) is 0 Å². The molecular formula is C9H17FO2. The minimum atomic E-state index is -1.21. The van der Waals surface area contributed by atoms with E-state index in [1.54, 1.807) is 6.92 Å². The van der Waals surface area contributed by atoms with E-state index in [9.17, 15) is 9.50 Å². The maximum atomic E-state index is 13.2. The maximum Gasteiger partial charge on any atom is 0.154 e. The third kappa shape index (κ3) is 1.96. The molecule has 3 heteroatoms. The first-order valence-corrected chi connectivity index (χ1v) is 4.50. The van der Waals surface area contributed by atoms with E-state index < -0.39 is 18.4 Å². The molecule has 1 heterocycles. The van der Waals surface area contributed by atoms with E-state index >= 15 is 0 Å². The Balaban J connectivity index is 2.47. The van der Waals surface area contributed by atoms with Gasteiger partial charge in [0.05, 0.1) is 12.2 Å². The fourth-order valence-corrected chi connectivity index (χ4v) is 1.56. The molecule has 0 radical (unpaired) electrons. The van der Waals surface area contributed by atoms with Crippen LogP contribution in [0.4, 0.5) is 4.39 Å². The first kappa shape index (κ1) is 9.93. The number of rotatable bonds is 2. The van der Waals surface area contributed by atoms with Crippen LogP contribution in [-0.4, -0.2) is 29.6 Å². The predicted octanol–water partition coefficient (Wildman–Crippen LogP) is 1.52. The van der Waals surface area contributed by atoms with Crippen LogP contribution in [-0.2, 0) is 4.74 Å². The maximum absolute atomic E-state index is 13.2. The minimum absolute atomic E-state index is 0.358. The first-order valence-electron chi connectivity index (χ1n) is 4.50. The fourth-order valence-electron chi connectivity index (χ4n) is 1.56. The number of halogens is 1. The van der Waals surface area contributed by atoms with Crippen LogP contribution in [0.15, 0.2) is 0 Å². The lowest BCUT2D eigenvalue weighted by molar-refractivity contribution is 0.0136. The molecule has 72 valence electrons. The van der Waals surface area contributed by atoms with Crippen LogP contribution in [0.3, 0.4) is 0 Å². The highest BCUT2D eigenvalue weighted by Gasteiger charge is 2.41. The third-order valence-corrected chi connectivity index (χ3v) is 2.26. The summed E-state index contributed by atoms with van der Waals surface area (Å²) >= 11 is 0. The minimum Gasteiger partial charge on any atom is -0.387 e.